The second-order valence-electron chi connectivity index (χ2n) is 3.98. The zero-order valence-corrected chi connectivity index (χ0v) is 11.3. The molecule has 3 heteroatoms. The molecule has 0 spiro atoms. The molecular formula is C13H20BrNO. The number of aliphatic hydroxyl groups excluding tert-OH is 1. The van der Waals surface area contributed by atoms with Crippen LogP contribution in [0.4, 0.5) is 0 Å². The van der Waals surface area contributed by atoms with Crippen LogP contribution in [0, 0.1) is 0 Å². The van der Waals surface area contributed by atoms with Crippen LogP contribution < -0.4 is 5.32 Å². The first-order valence-electron chi connectivity index (χ1n) is 5.84. The van der Waals surface area contributed by atoms with Crippen molar-refractivity contribution >= 4 is 15.9 Å². The van der Waals surface area contributed by atoms with Crippen molar-refractivity contribution in [1.29, 1.82) is 0 Å². The van der Waals surface area contributed by atoms with Gasteiger partial charge in [-0.3, -0.25) is 0 Å². The van der Waals surface area contributed by atoms with E-state index in [-0.39, 0.29) is 0 Å². The first-order chi connectivity index (χ1) is 7.75. The van der Waals surface area contributed by atoms with E-state index in [9.17, 15) is 0 Å². The number of hydrogen-bond donors (Lipinski definition) is 2. The third-order valence-electron chi connectivity index (χ3n) is 2.66. The van der Waals surface area contributed by atoms with Crippen LogP contribution in [0.3, 0.4) is 0 Å². The van der Waals surface area contributed by atoms with Crippen LogP contribution in [0.25, 0.3) is 0 Å². The maximum absolute atomic E-state index is 8.66. The van der Waals surface area contributed by atoms with E-state index in [1.807, 2.05) is 6.07 Å². The summed E-state index contributed by atoms with van der Waals surface area (Å²) in [5.74, 6) is 0. The van der Waals surface area contributed by atoms with E-state index >= 15 is 0 Å². The van der Waals surface area contributed by atoms with Crippen molar-refractivity contribution in [3.8, 4) is 0 Å². The SMILES string of the molecule is C[C@H](NCCCCCO)c1ccccc1Br. The highest BCUT2D eigenvalue weighted by atomic mass is 79.9. The average molecular weight is 286 g/mol. The third-order valence-corrected chi connectivity index (χ3v) is 3.38. The molecule has 2 nitrogen and oxygen atoms in total. The zero-order chi connectivity index (χ0) is 11.8. The summed E-state index contributed by atoms with van der Waals surface area (Å²) in [7, 11) is 0. The van der Waals surface area contributed by atoms with Crippen LogP contribution in [-0.4, -0.2) is 18.3 Å². The highest BCUT2D eigenvalue weighted by Gasteiger charge is 2.06. The summed E-state index contributed by atoms with van der Waals surface area (Å²) in [4.78, 5) is 0. The molecule has 0 aliphatic carbocycles. The molecule has 90 valence electrons. The number of nitrogens with one attached hydrogen (secondary N) is 1. The van der Waals surface area contributed by atoms with Gasteiger partial charge in [-0.1, -0.05) is 34.1 Å². The molecule has 0 radical (unpaired) electrons. The van der Waals surface area contributed by atoms with Gasteiger partial charge in [0.2, 0.25) is 0 Å². The first-order valence-corrected chi connectivity index (χ1v) is 6.63. The Morgan fingerprint density at radius 2 is 2.00 bits per heavy atom. The summed E-state index contributed by atoms with van der Waals surface area (Å²) in [6.07, 6.45) is 3.12. The molecule has 1 aromatic rings. The van der Waals surface area contributed by atoms with Crippen molar-refractivity contribution in [1.82, 2.24) is 5.32 Å². The van der Waals surface area contributed by atoms with E-state index in [2.05, 4.69) is 46.4 Å². The summed E-state index contributed by atoms with van der Waals surface area (Å²) < 4.78 is 1.16. The van der Waals surface area contributed by atoms with Crippen molar-refractivity contribution < 1.29 is 5.11 Å². The van der Waals surface area contributed by atoms with Gasteiger partial charge in [0.1, 0.15) is 0 Å². The van der Waals surface area contributed by atoms with Gasteiger partial charge in [0.25, 0.3) is 0 Å². The Labute approximate surface area is 106 Å². The molecule has 0 unspecified atom stereocenters. The monoisotopic (exact) mass is 285 g/mol. The third kappa shape index (κ3) is 4.64. The Bertz CT molecular complexity index is 304. The van der Waals surface area contributed by atoms with E-state index < -0.39 is 0 Å². The Hall–Kier alpha value is -0.380. The predicted molar refractivity (Wildman–Crippen MR) is 71.5 cm³/mol. The lowest BCUT2D eigenvalue weighted by molar-refractivity contribution is 0.282. The predicted octanol–water partition coefficient (Wildman–Crippen LogP) is 3.26. The Kier molecular flexibility index (Phi) is 6.69. The van der Waals surface area contributed by atoms with Gasteiger partial charge in [-0.05, 0) is 44.4 Å². The quantitative estimate of drug-likeness (QED) is 0.754. The molecule has 0 aliphatic heterocycles. The number of halogens is 1. The van der Waals surface area contributed by atoms with E-state index in [1.165, 1.54) is 5.56 Å². The molecule has 1 atom stereocenters. The summed E-state index contributed by atoms with van der Waals surface area (Å²) in [6.45, 7) is 3.48. The van der Waals surface area contributed by atoms with E-state index in [1.54, 1.807) is 0 Å². The minimum absolute atomic E-state index is 0.305. The number of benzene rings is 1. The lowest BCUT2D eigenvalue weighted by Crippen LogP contribution is -2.20. The molecule has 0 saturated heterocycles. The van der Waals surface area contributed by atoms with E-state index in [4.69, 9.17) is 5.11 Å². The minimum Gasteiger partial charge on any atom is -0.396 e. The molecule has 0 saturated carbocycles. The van der Waals surface area contributed by atoms with Gasteiger partial charge in [-0.2, -0.15) is 0 Å². The maximum atomic E-state index is 8.66. The Balaban J connectivity index is 2.30. The maximum Gasteiger partial charge on any atom is 0.0431 e. The van der Waals surface area contributed by atoms with Crippen LogP contribution in [-0.2, 0) is 0 Å². The molecule has 16 heavy (non-hydrogen) atoms. The lowest BCUT2D eigenvalue weighted by atomic mass is 10.1. The van der Waals surface area contributed by atoms with Gasteiger partial charge in [0.05, 0.1) is 0 Å². The summed E-state index contributed by atoms with van der Waals surface area (Å²) in [5, 5.41) is 12.1. The highest BCUT2D eigenvalue weighted by molar-refractivity contribution is 9.10. The number of unbranched alkanes of at least 4 members (excludes halogenated alkanes) is 2. The van der Waals surface area contributed by atoms with Gasteiger partial charge in [0.15, 0.2) is 0 Å². The molecule has 0 bridgehead atoms. The van der Waals surface area contributed by atoms with Crippen molar-refractivity contribution in [2.45, 2.75) is 32.2 Å². The molecular weight excluding hydrogens is 266 g/mol. The zero-order valence-electron chi connectivity index (χ0n) is 9.75. The van der Waals surface area contributed by atoms with Crippen molar-refractivity contribution in [3.05, 3.63) is 34.3 Å². The van der Waals surface area contributed by atoms with Crippen molar-refractivity contribution in [3.63, 3.8) is 0 Å². The second-order valence-corrected chi connectivity index (χ2v) is 4.84. The molecule has 1 aromatic carbocycles. The van der Waals surface area contributed by atoms with Gasteiger partial charge in [-0.15, -0.1) is 0 Å². The normalized spacial score (nSPS) is 12.7. The molecule has 0 aromatic heterocycles. The fourth-order valence-corrected chi connectivity index (χ4v) is 2.30. The van der Waals surface area contributed by atoms with E-state index in [0.717, 1.165) is 30.3 Å². The smallest absolute Gasteiger partial charge is 0.0431 e. The van der Waals surface area contributed by atoms with Crippen LogP contribution in [0.5, 0.6) is 0 Å². The summed E-state index contributed by atoms with van der Waals surface area (Å²) in [6, 6.07) is 8.66. The topological polar surface area (TPSA) is 32.3 Å². The van der Waals surface area contributed by atoms with Gasteiger partial charge >= 0.3 is 0 Å². The Morgan fingerprint density at radius 1 is 1.25 bits per heavy atom. The molecule has 0 fully saturated rings. The fraction of sp³-hybridized carbons (Fsp3) is 0.538. The van der Waals surface area contributed by atoms with Crippen LogP contribution >= 0.6 is 15.9 Å². The summed E-state index contributed by atoms with van der Waals surface area (Å²) >= 11 is 3.56. The fourth-order valence-electron chi connectivity index (χ4n) is 1.67. The standard InChI is InChI=1S/C13H20BrNO/c1-11(15-9-5-2-6-10-16)12-7-3-4-8-13(12)14/h3-4,7-8,11,15-16H,2,5-6,9-10H2,1H3/t11-/m0/s1. The largest absolute Gasteiger partial charge is 0.396 e. The number of rotatable bonds is 7. The molecule has 0 aliphatic rings. The molecule has 1 rings (SSSR count). The van der Waals surface area contributed by atoms with Crippen molar-refractivity contribution in [2.75, 3.05) is 13.2 Å². The van der Waals surface area contributed by atoms with Crippen LogP contribution in [0.15, 0.2) is 28.7 Å². The van der Waals surface area contributed by atoms with Gasteiger partial charge in [-0.25, -0.2) is 0 Å². The minimum atomic E-state index is 0.305. The summed E-state index contributed by atoms with van der Waals surface area (Å²) in [5.41, 5.74) is 1.30. The number of hydrogen-bond acceptors (Lipinski definition) is 2. The van der Waals surface area contributed by atoms with Gasteiger partial charge < -0.3 is 10.4 Å². The Morgan fingerprint density at radius 3 is 2.69 bits per heavy atom. The van der Waals surface area contributed by atoms with Crippen LogP contribution in [0.2, 0.25) is 0 Å². The van der Waals surface area contributed by atoms with E-state index in [0.29, 0.717) is 12.6 Å². The average Bonchev–Trinajstić information content (AvgIpc) is 2.29. The lowest BCUT2D eigenvalue weighted by Gasteiger charge is -2.15. The molecule has 0 amide bonds. The van der Waals surface area contributed by atoms with Crippen molar-refractivity contribution in [2.24, 2.45) is 0 Å². The number of aliphatic hydroxyl groups is 1. The van der Waals surface area contributed by atoms with Crippen LogP contribution in [0.1, 0.15) is 37.8 Å². The first kappa shape index (κ1) is 13.7. The molecule has 0 heterocycles. The second kappa shape index (κ2) is 7.82. The van der Waals surface area contributed by atoms with Gasteiger partial charge in [0, 0.05) is 17.1 Å². The highest BCUT2D eigenvalue weighted by Crippen LogP contribution is 2.22. The molecule has 2 N–H and O–H groups in total.